The SMILES string of the molecule is CC(C)c1nc(CN(C)c2noc(-c3ccccc3)n2)no1. The van der Waals surface area contributed by atoms with E-state index in [0.29, 0.717) is 30.1 Å². The normalized spacial score (nSPS) is 11.1. The molecule has 0 bridgehead atoms. The Morgan fingerprint density at radius 1 is 1.05 bits per heavy atom. The molecule has 0 aliphatic heterocycles. The van der Waals surface area contributed by atoms with Crippen LogP contribution in [-0.4, -0.2) is 27.3 Å². The van der Waals surface area contributed by atoms with Crippen LogP contribution in [0.25, 0.3) is 11.5 Å². The second-order valence-electron chi connectivity index (χ2n) is 5.33. The molecule has 7 heteroatoms. The molecule has 3 rings (SSSR count). The van der Waals surface area contributed by atoms with E-state index in [4.69, 9.17) is 9.05 Å². The predicted octanol–water partition coefficient (Wildman–Crippen LogP) is 2.88. The fourth-order valence-corrected chi connectivity index (χ4v) is 1.92. The lowest BCUT2D eigenvalue weighted by Gasteiger charge is -2.10. The van der Waals surface area contributed by atoms with Crippen molar-refractivity contribution < 1.29 is 9.05 Å². The summed E-state index contributed by atoms with van der Waals surface area (Å²) in [5.41, 5.74) is 0.885. The van der Waals surface area contributed by atoms with E-state index in [2.05, 4.69) is 20.3 Å². The first-order valence-electron chi connectivity index (χ1n) is 7.06. The lowest BCUT2D eigenvalue weighted by atomic mass is 10.2. The summed E-state index contributed by atoms with van der Waals surface area (Å²) in [6.45, 7) is 4.46. The third-order valence-corrected chi connectivity index (χ3v) is 3.13. The van der Waals surface area contributed by atoms with Crippen molar-refractivity contribution in [1.29, 1.82) is 0 Å². The van der Waals surface area contributed by atoms with Crippen molar-refractivity contribution in [3.63, 3.8) is 0 Å². The molecule has 0 spiro atoms. The Balaban J connectivity index is 1.72. The number of rotatable bonds is 5. The van der Waals surface area contributed by atoms with E-state index in [1.54, 1.807) is 0 Å². The molecule has 0 fully saturated rings. The van der Waals surface area contributed by atoms with Crippen LogP contribution < -0.4 is 4.90 Å². The molecule has 0 aliphatic rings. The highest BCUT2D eigenvalue weighted by atomic mass is 16.5. The van der Waals surface area contributed by atoms with Gasteiger partial charge >= 0.3 is 0 Å². The summed E-state index contributed by atoms with van der Waals surface area (Å²) in [6.07, 6.45) is 0. The van der Waals surface area contributed by atoms with Crippen LogP contribution in [0.4, 0.5) is 5.95 Å². The van der Waals surface area contributed by atoms with Gasteiger partial charge in [0.2, 0.25) is 5.89 Å². The average Bonchev–Trinajstić information content (AvgIpc) is 3.17. The van der Waals surface area contributed by atoms with Crippen molar-refractivity contribution in [2.75, 3.05) is 11.9 Å². The van der Waals surface area contributed by atoms with Crippen LogP contribution in [0.5, 0.6) is 0 Å². The second kappa shape index (κ2) is 5.97. The van der Waals surface area contributed by atoms with Crippen LogP contribution in [-0.2, 0) is 6.54 Å². The molecule has 3 aromatic rings. The zero-order chi connectivity index (χ0) is 15.5. The number of nitrogens with zero attached hydrogens (tertiary/aromatic N) is 5. The standard InChI is InChI=1S/C15H17N5O2/c1-10(2)13-16-12(18-21-13)9-20(3)15-17-14(22-19-15)11-7-5-4-6-8-11/h4-8,10H,9H2,1-3H3. The minimum atomic E-state index is 0.210. The smallest absolute Gasteiger partial charge is 0.266 e. The minimum absolute atomic E-state index is 0.210. The lowest BCUT2D eigenvalue weighted by Crippen LogP contribution is -2.18. The summed E-state index contributed by atoms with van der Waals surface area (Å²) in [7, 11) is 1.85. The van der Waals surface area contributed by atoms with E-state index < -0.39 is 0 Å². The predicted molar refractivity (Wildman–Crippen MR) is 80.2 cm³/mol. The van der Waals surface area contributed by atoms with E-state index in [-0.39, 0.29) is 5.92 Å². The van der Waals surface area contributed by atoms with Gasteiger partial charge in [-0.15, -0.1) is 0 Å². The van der Waals surface area contributed by atoms with Gasteiger partial charge in [-0.1, -0.05) is 37.2 Å². The van der Waals surface area contributed by atoms with E-state index in [9.17, 15) is 0 Å². The first-order valence-corrected chi connectivity index (χ1v) is 7.06. The van der Waals surface area contributed by atoms with Crippen LogP contribution >= 0.6 is 0 Å². The maximum absolute atomic E-state index is 5.29. The molecule has 2 aromatic heterocycles. The van der Waals surface area contributed by atoms with Gasteiger partial charge in [0, 0.05) is 18.5 Å². The van der Waals surface area contributed by atoms with Crippen molar-refractivity contribution >= 4 is 5.95 Å². The maximum atomic E-state index is 5.29. The largest absolute Gasteiger partial charge is 0.339 e. The Morgan fingerprint density at radius 2 is 1.82 bits per heavy atom. The molecule has 114 valence electrons. The lowest BCUT2D eigenvalue weighted by molar-refractivity contribution is 0.360. The van der Waals surface area contributed by atoms with Crippen LogP contribution in [0.3, 0.4) is 0 Å². The monoisotopic (exact) mass is 299 g/mol. The highest BCUT2D eigenvalue weighted by molar-refractivity contribution is 5.53. The Hall–Kier alpha value is -2.70. The van der Waals surface area contributed by atoms with E-state index in [1.807, 2.05) is 56.1 Å². The molecule has 7 nitrogen and oxygen atoms in total. The molecule has 0 radical (unpaired) electrons. The van der Waals surface area contributed by atoms with Crippen LogP contribution in [0.1, 0.15) is 31.5 Å². The Labute approximate surface area is 128 Å². The van der Waals surface area contributed by atoms with Crippen molar-refractivity contribution in [3.05, 3.63) is 42.0 Å². The fraction of sp³-hybridized carbons (Fsp3) is 0.333. The summed E-state index contributed by atoms with van der Waals surface area (Å²) >= 11 is 0. The van der Waals surface area contributed by atoms with Crippen molar-refractivity contribution in [2.24, 2.45) is 0 Å². The van der Waals surface area contributed by atoms with Gasteiger partial charge in [0.05, 0.1) is 6.54 Å². The minimum Gasteiger partial charge on any atom is -0.339 e. The average molecular weight is 299 g/mol. The van der Waals surface area contributed by atoms with Crippen molar-refractivity contribution in [2.45, 2.75) is 26.3 Å². The third kappa shape index (κ3) is 2.98. The Bertz CT molecular complexity index is 735. The molecular weight excluding hydrogens is 282 g/mol. The quantitative estimate of drug-likeness (QED) is 0.716. The second-order valence-corrected chi connectivity index (χ2v) is 5.33. The number of hydrogen-bond acceptors (Lipinski definition) is 7. The summed E-state index contributed by atoms with van der Waals surface area (Å²) in [4.78, 5) is 10.5. The molecule has 0 saturated heterocycles. The number of hydrogen-bond donors (Lipinski definition) is 0. The molecule has 2 heterocycles. The fourth-order valence-electron chi connectivity index (χ4n) is 1.92. The van der Waals surface area contributed by atoms with Crippen molar-refractivity contribution in [3.8, 4) is 11.5 Å². The Kier molecular flexibility index (Phi) is 3.86. The summed E-state index contributed by atoms with van der Waals surface area (Å²) < 4.78 is 10.5. The molecule has 0 unspecified atom stereocenters. The number of benzene rings is 1. The number of anilines is 1. The molecule has 0 saturated carbocycles. The van der Waals surface area contributed by atoms with Gasteiger partial charge in [-0.2, -0.15) is 9.97 Å². The summed E-state index contributed by atoms with van der Waals surface area (Å²) in [5.74, 6) is 2.40. The molecule has 0 N–H and O–H groups in total. The van der Waals surface area contributed by atoms with E-state index >= 15 is 0 Å². The van der Waals surface area contributed by atoms with Crippen LogP contribution in [0.2, 0.25) is 0 Å². The molecule has 0 amide bonds. The first-order chi connectivity index (χ1) is 10.6. The van der Waals surface area contributed by atoms with Gasteiger partial charge in [-0.25, -0.2) is 0 Å². The first kappa shape index (κ1) is 14.2. The maximum Gasteiger partial charge on any atom is 0.266 e. The summed E-state index contributed by atoms with van der Waals surface area (Å²) in [5, 5.41) is 7.94. The molecule has 1 aromatic carbocycles. The van der Waals surface area contributed by atoms with Crippen LogP contribution in [0, 0.1) is 0 Å². The van der Waals surface area contributed by atoms with Gasteiger partial charge in [0.25, 0.3) is 11.8 Å². The zero-order valence-corrected chi connectivity index (χ0v) is 12.7. The van der Waals surface area contributed by atoms with Gasteiger partial charge in [-0.05, 0) is 17.3 Å². The van der Waals surface area contributed by atoms with Gasteiger partial charge in [0.1, 0.15) is 0 Å². The molecule has 0 atom stereocenters. The van der Waals surface area contributed by atoms with Gasteiger partial charge in [-0.3, -0.25) is 0 Å². The molecule has 22 heavy (non-hydrogen) atoms. The third-order valence-electron chi connectivity index (χ3n) is 3.13. The van der Waals surface area contributed by atoms with E-state index in [1.165, 1.54) is 0 Å². The number of aromatic nitrogens is 4. The van der Waals surface area contributed by atoms with Crippen molar-refractivity contribution in [1.82, 2.24) is 20.3 Å². The highest BCUT2D eigenvalue weighted by Crippen LogP contribution is 2.20. The Morgan fingerprint density at radius 3 is 2.50 bits per heavy atom. The molecular formula is C15H17N5O2. The topological polar surface area (TPSA) is 81.1 Å². The summed E-state index contributed by atoms with van der Waals surface area (Å²) in [6, 6.07) is 9.64. The van der Waals surface area contributed by atoms with Crippen LogP contribution in [0.15, 0.2) is 39.4 Å². The van der Waals surface area contributed by atoms with Gasteiger partial charge in [0.15, 0.2) is 5.82 Å². The van der Waals surface area contributed by atoms with Gasteiger partial charge < -0.3 is 13.9 Å². The van der Waals surface area contributed by atoms with E-state index in [0.717, 1.165) is 5.56 Å². The molecule has 0 aliphatic carbocycles. The zero-order valence-electron chi connectivity index (χ0n) is 12.7. The highest BCUT2D eigenvalue weighted by Gasteiger charge is 2.16.